The first kappa shape index (κ1) is 12.7. The van der Waals surface area contributed by atoms with Crippen LogP contribution in [0.1, 0.15) is 31.3 Å². The molecule has 0 atom stereocenters. The minimum atomic E-state index is -0.214. The third-order valence-corrected chi connectivity index (χ3v) is 2.88. The van der Waals surface area contributed by atoms with Gasteiger partial charge in [0.05, 0.1) is 6.54 Å². The van der Waals surface area contributed by atoms with Crippen LogP contribution >= 0.6 is 0 Å². The van der Waals surface area contributed by atoms with Crippen LogP contribution in [0.4, 0.5) is 4.39 Å². The summed E-state index contributed by atoms with van der Waals surface area (Å²) in [6.07, 6.45) is 0. The van der Waals surface area contributed by atoms with Crippen molar-refractivity contribution in [3.63, 3.8) is 0 Å². The van der Waals surface area contributed by atoms with Crippen LogP contribution < -0.4 is 5.73 Å². The van der Waals surface area contributed by atoms with E-state index in [4.69, 9.17) is 5.73 Å². The maximum Gasteiger partial charge on any atom is 0.164 e. The first-order valence-electron chi connectivity index (χ1n) is 5.95. The van der Waals surface area contributed by atoms with Crippen LogP contribution in [-0.2, 0) is 6.54 Å². The van der Waals surface area contributed by atoms with Crippen LogP contribution in [0.5, 0.6) is 0 Å². The molecule has 4 nitrogen and oxygen atoms in total. The molecule has 0 radical (unpaired) electrons. The van der Waals surface area contributed by atoms with Gasteiger partial charge in [-0.15, -0.1) is 10.2 Å². The number of hydrogen-bond donors (Lipinski definition) is 1. The van der Waals surface area contributed by atoms with Crippen molar-refractivity contribution in [1.29, 1.82) is 0 Å². The van der Waals surface area contributed by atoms with E-state index in [1.807, 2.05) is 18.4 Å². The molecule has 96 valence electrons. The van der Waals surface area contributed by atoms with E-state index in [-0.39, 0.29) is 11.9 Å². The van der Waals surface area contributed by atoms with Gasteiger partial charge < -0.3 is 10.3 Å². The summed E-state index contributed by atoms with van der Waals surface area (Å²) in [6, 6.07) is 5.15. The second-order valence-corrected chi connectivity index (χ2v) is 4.57. The van der Waals surface area contributed by atoms with Crippen LogP contribution in [-0.4, -0.2) is 14.8 Å². The van der Waals surface area contributed by atoms with Gasteiger partial charge in [-0.05, 0) is 44.5 Å². The standard InChI is InChI=1S/C13H17FN4/c1-8(2)18-12(7-15)16-17-13(18)10-4-5-11(14)9(3)6-10/h4-6,8H,7,15H2,1-3H3. The van der Waals surface area contributed by atoms with Crippen molar-refractivity contribution in [2.45, 2.75) is 33.4 Å². The number of hydrogen-bond acceptors (Lipinski definition) is 3. The number of aryl methyl sites for hydroxylation is 1. The summed E-state index contributed by atoms with van der Waals surface area (Å²) in [5.74, 6) is 1.25. The molecule has 0 aliphatic heterocycles. The summed E-state index contributed by atoms with van der Waals surface area (Å²) in [7, 11) is 0. The van der Waals surface area contributed by atoms with Crippen molar-refractivity contribution >= 4 is 0 Å². The SMILES string of the molecule is Cc1cc(-c2nnc(CN)n2C(C)C)ccc1F. The summed E-state index contributed by atoms with van der Waals surface area (Å²) < 4.78 is 15.3. The number of benzene rings is 1. The summed E-state index contributed by atoms with van der Waals surface area (Å²) in [4.78, 5) is 0. The van der Waals surface area contributed by atoms with Gasteiger partial charge in [0.15, 0.2) is 5.82 Å². The highest BCUT2D eigenvalue weighted by atomic mass is 19.1. The Kier molecular flexibility index (Phi) is 3.43. The second-order valence-electron chi connectivity index (χ2n) is 4.57. The number of aromatic nitrogens is 3. The van der Waals surface area contributed by atoms with Gasteiger partial charge in [0.2, 0.25) is 0 Å². The van der Waals surface area contributed by atoms with Crippen molar-refractivity contribution in [2.24, 2.45) is 5.73 Å². The summed E-state index contributed by atoms with van der Waals surface area (Å²) >= 11 is 0. The Balaban J connectivity index is 2.56. The highest BCUT2D eigenvalue weighted by molar-refractivity contribution is 5.56. The lowest BCUT2D eigenvalue weighted by Crippen LogP contribution is -2.11. The predicted octanol–water partition coefficient (Wildman–Crippen LogP) is 2.43. The highest BCUT2D eigenvalue weighted by Gasteiger charge is 2.15. The van der Waals surface area contributed by atoms with E-state index in [9.17, 15) is 4.39 Å². The second kappa shape index (κ2) is 4.86. The Morgan fingerprint density at radius 1 is 1.33 bits per heavy atom. The van der Waals surface area contributed by atoms with Gasteiger partial charge in [0, 0.05) is 11.6 Å². The molecule has 18 heavy (non-hydrogen) atoms. The zero-order valence-electron chi connectivity index (χ0n) is 10.8. The monoisotopic (exact) mass is 248 g/mol. The van der Waals surface area contributed by atoms with Crippen molar-refractivity contribution in [3.8, 4) is 11.4 Å². The molecule has 0 fully saturated rings. The molecule has 1 heterocycles. The molecule has 1 aromatic carbocycles. The number of nitrogens with zero attached hydrogens (tertiary/aromatic N) is 3. The molecule has 2 aromatic rings. The quantitative estimate of drug-likeness (QED) is 0.907. The van der Waals surface area contributed by atoms with Crippen LogP contribution in [0.3, 0.4) is 0 Å². The molecule has 0 saturated heterocycles. The van der Waals surface area contributed by atoms with Gasteiger partial charge >= 0.3 is 0 Å². The lowest BCUT2D eigenvalue weighted by Gasteiger charge is -2.13. The highest BCUT2D eigenvalue weighted by Crippen LogP contribution is 2.24. The number of rotatable bonds is 3. The van der Waals surface area contributed by atoms with Crippen LogP contribution in [0.25, 0.3) is 11.4 Å². The topological polar surface area (TPSA) is 56.7 Å². The largest absolute Gasteiger partial charge is 0.324 e. The first-order chi connectivity index (χ1) is 8.54. The van der Waals surface area contributed by atoms with Gasteiger partial charge in [-0.3, -0.25) is 0 Å². The van der Waals surface area contributed by atoms with E-state index in [1.165, 1.54) is 6.07 Å². The van der Waals surface area contributed by atoms with Gasteiger partial charge in [-0.25, -0.2) is 4.39 Å². The van der Waals surface area contributed by atoms with E-state index in [2.05, 4.69) is 10.2 Å². The minimum Gasteiger partial charge on any atom is -0.324 e. The van der Waals surface area contributed by atoms with Crippen LogP contribution in [0.2, 0.25) is 0 Å². The molecule has 1 aromatic heterocycles. The fourth-order valence-corrected chi connectivity index (χ4v) is 1.99. The Bertz CT molecular complexity index is 560. The average Bonchev–Trinajstić information content (AvgIpc) is 2.76. The fraction of sp³-hybridized carbons (Fsp3) is 0.385. The van der Waals surface area contributed by atoms with Crippen molar-refractivity contribution < 1.29 is 4.39 Å². The molecule has 2 N–H and O–H groups in total. The number of halogens is 1. The lowest BCUT2D eigenvalue weighted by molar-refractivity contribution is 0.574. The molecule has 0 saturated carbocycles. The molecule has 0 unspecified atom stereocenters. The Hall–Kier alpha value is -1.75. The smallest absolute Gasteiger partial charge is 0.164 e. The predicted molar refractivity (Wildman–Crippen MR) is 68.4 cm³/mol. The molecule has 5 heteroatoms. The minimum absolute atomic E-state index is 0.207. The summed E-state index contributed by atoms with van der Waals surface area (Å²) in [5.41, 5.74) is 7.10. The average molecular weight is 248 g/mol. The van der Waals surface area contributed by atoms with Gasteiger partial charge in [0.1, 0.15) is 11.6 Å². The normalized spacial score (nSPS) is 11.2. The zero-order chi connectivity index (χ0) is 13.3. The molecule has 0 aliphatic rings. The van der Waals surface area contributed by atoms with Gasteiger partial charge in [0.25, 0.3) is 0 Å². The van der Waals surface area contributed by atoms with E-state index in [1.54, 1.807) is 19.1 Å². The van der Waals surface area contributed by atoms with Crippen molar-refractivity contribution in [2.75, 3.05) is 0 Å². The Morgan fingerprint density at radius 3 is 2.61 bits per heavy atom. The van der Waals surface area contributed by atoms with Crippen molar-refractivity contribution in [3.05, 3.63) is 35.4 Å². The molecular weight excluding hydrogens is 231 g/mol. The first-order valence-corrected chi connectivity index (χ1v) is 5.95. The van der Waals surface area contributed by atoms with E-state index in [0.29, 0.717) is 12.1 Å². The third kappa shape index (κ3) is 2.13. The van der Waals surface area contributed by atoms with Crippen LogP contribution in [0.15, 0.2) is 18.2 Å². The molecule has 0 aliphatic carbocycles. The van der Waals surface area contributed by atoms with E-state index < -0.39 is 0 Å². The van der Waals surface area contributed by atoms with E-state index >= 15 is 0 Å². The third-order valence-electron chi connectivity index (χ3n) is 2.88. The van der Waals surface area contributed by atoms with Crippen molar-refractivity contribution in [1.82, 2.24) is 14.8 Å². The summed E-state index contributed by atoms with van der Waals surface area (Å²) in [6.45, 7) is 6.16. The van der Waals surface area contributed by atoms with Gasteiger partial charge in [-0.1, -0.05) is 0 Å². The maximum absolute atomic E-state index is 13.3. The van der Waals surface area contributed by atoms with Crippen LogP contribution in [0, 0.1) is 12.7 Å². The van der Waals surface area contributed by atoms with Gasteiger partial charge in [-0.2, -0.15) is 0 Å². The molecule has 0 bridgehead atoms. The molecule has 2 rings (SSSR count). The zero-order valence-corrected chi connectivity index (χ0v) is 10.8. The number of nitrogens with two attached hydrogens (primary N) is 1. The van der Waals surface area contributed by atoms with E-state index in [0.717, 1.165) is 17.2 Å². The molecular formula is C13H17FN4. The molecule has 0 spiro atoms. The fourth-order valence-electron chi connectivity index (χ4n) is 1.99. The molecule has 0 amide bonds. The Labute approximate surface area is 106 Å². The lowest BCUT2D eigenvalue weighted by atomic mass is 10.1. The Morgan fingerprint density at radius 2 is 2.06 bits per heavy atom. The maximum atomic E-state index is 13.3. The summed E-state index contributed by atoms with van der Waals surface area (Å²) in [5, 5.41) is 8.24.